The molecule has 18 heavy (non-hydrogen) atoms. The van der Waals surface area contributed by atoms with E-state index < -0.39 is 0 Å². The molecule has 1 fully saturated rings. The molecule has 1 aromatic heterocycles. The first-order valence-corrected chi connectivity index (χ1v) is 6.00. The summed E-state index contributed by atoms with van der Waals surface area (Å²) < 4.78 is 10.0. The van der Waals surface area contributed by atoms with Crippen molar-refractivity contribution in [2.75, 3.05) is 39.7 Å². The smallest absolute Gasteiger partial charge is 0.324 e. The average molecular weight is 253 g/mol. The van der Waals surface area contributed by atoms with E-state index >= 15 is 0 Å². The molecule has 0 amide bonds. The van der Waals surface area contributed by atoms with E-state index in [1.807, 2.05) is 0 Å². The van der Waals surface area contributed by atoms with Gasteiger partial charge in [0.2, 0.25) is 5.95 Å². The van der Waals surface area contributed by atoms with Gasteiger partial charge in [-0.3, -0.25) is 0 Å². The predicted octanol–water partition coefficient (Wildman–Crippen LogP) is 0.395. The Morgan fingerprint density at radius 2 is 1.83 bits per heavy atom. The van der Waals surface area contributed by atoms with E-state index in [9.17, 15) is 0 Å². The number of anilines is 1. The predicted molar refractivity (Wildman–Crippen MR) is 67.1 cm³/mol. The van der Waals surface area contributed by atoms with Crippen molar-refractivity contribution in [3.63, 3.8) is 0 Å². The molecule has 100 valence electrons. The van der Waals surface area contributed by atoms with Crippen molar-refractivity contribution in [3.8, 4) is 12.0 Å². The fourth-order valence-corrected chi connectivity index (χ4v) is 2.05. The van der Waals surface area contributed by atoms with Gasteiger partial charge in [0.25, 0.3) is 0 Å². The molecule has 1 atom stereocenters. The number of hydrogen-bond acceptors (Lipinski definition) is 7. The molecule has 0 saturated carbocycles. The van der Waals surface area contributed by atoms with Crippen LogP contribution >= 0.6 is 0 Å². The van der Waals surface area contributed by atoms with Crippen LogP contribution in [0.25, 0.3) is 0 Å². The van der Waals surface area contributed by atoms with E-state index in [-0.39, 0.29) is 12.0 Å². The standard InChI is InChI=1S/C11H19N5O2/c1-16-6-4-5-8(7-16)12-9-13-10(17-2)15-11(14-9)18-3/h8H,4-7H2,1-3H3,(H,12,13,14,15). The van der Waals surface area contributed by atoms with Crippen molar-refractivity contribution in [1.82, 2.24) is 19.9 Å². The number of hydrogen-bond donors (Lipinski definition) is 1. The van der Waals surface area contributed by atoms with Crippen LogP contribution in [0.15, 0.2) is 0 Å². The zero-order valence-corrected chi connectivity index (χ0v) is 11.0. The SMILES string of the molecule is COc1nc(NC2CCCN(C)C2)nc(OC)n1. The monoisotopic (exact) mass is 253 g/mol. The zero-order valence-electron chi connectivity index (χ0n) is 11.0. The van der Waals surface area contributed by atoms with E-state index in [2.05, 4.69) is 32.2 Å². The van der Waals surface area contributed by atoms with Crippen molar-refractivity contribution in [2.24, 2.45) is 0 Å². The maximum absolute atomic E-state index is 5.01. The van der Waals surface area contributed by atoms with E-state index in [1.165, 1.54) is 20.6 Å². The van der Waals surface area contributed by atoms with Crippen LogP contribution in [0.5, 0.6) is 12.0 Å². The molecule has 1 saturated heterocycles. The lowest BCUT2D eigenvalue weighted by Gasteiger charge is -2.30. The molecular weight excluding hydrogens is 234 g/mol. The topological polar surface area (TPSA) is 72.4 Å². The van der Waals surface area contributed by atoms with Crippen LogP contribution < -0.4 is 14.8 Å². The maximum Gasteiger partial charge on any atom is 0.324 e. The highest BCUT2D eigenvalue weighted by Gasteiger charge is 2.18. The summed E-state index contributed by atoms with van der Waals surface area (Å²) in [5.41, 5.74) is 0. The van der Waals surface area contributed by atoms with Crippen molar-refractivity contribution >= 4 is 5.95 Å². The molecule has 0 aromatic carbocycles. The van der Waals surface area contributed by atoms with Gasteiger partial charge >= 0.3 is 12.0 Å². The average Bonchev–Trinajstić information content (AvgIpc) is 2.38. The quantitative estimate of drug-likeness (QED) is 0.832. The molecule has 1 unspecified atom stereocenters. The van der Waals surface area contributed by atoms with Gasteiger partial charge in [0.15, 0.2) is 0 Å². The maximum atomic E-state index is 5.01. The first-order chi connectivity index (χ1) is 8.71. The Balaban J connectivity index is 2.07. The zero-order chi connectivity index (χ0) is 13.0. The van der Waals surface area contributed by atoms with Crippen molar-refractivity contribution < 1.29 is 9.47 Å². The Bertz CT molecular complexity index is 379. The summed E-state index contributed by atoms with van der Waals surface area (Å²) in [7, 11) is 5.16. The van der Waals surface area contributed by atoms with Gasteiger partial charge in [0.1, 0.15) is 0 Å². The Kier molecular flexibility index (Phi) is 4.14. The summed E-state index contributed by atoms with van der Waals surface area (Å²) in [5, 5.41) is 3.30. The molecule has 0 aliphatic carbocycles. The number of methoxy groups -OCH3 is 2. The summed E-state index contributed by atoms with van der Waals surface area (Å²) >= 11 is 0. The molecule has 2 heterocycles. The highest BCUT2D eigenvalue weighted by Crippen LogP contribution is 2.16. The fourth-order valence-electron chi connectivity index (χ4n) is 2.05. The molecule has 1 aliphatic rings. The van der Waals surface area contributed by atoms with Crippen LogP contribution in [0.4, 0.5) is 5.95 Å². The number of likely N-dealkylation sites (N-methyl/N-ethyl adjacent to an activating group) is 1. The second kappa shape index (κ2) is 5.81. The van der Waals surface area contributed by atoms with Crippen LogP contribution in [0.3, 0.4) is 0 Å². The molecular formula is C11H19N5O2. The Morgan fingerprint density at radius 1 is 1.17 bits per heavy atom. The van der Waals surface area contributed by atoms with Gasteiger partial charge in [-0.05, 0) is 26.4 Å². The third-order valence-corrected chi connectivity index (χ3v) is 2.92. The summed E-state index contributed by atoms with van der Waals surface area (Å²) in [4.78, 5) is 14.6. The summed E-state index contributed by atoms with van der Waals surface area (Å²) in [6.45, 7) is 2.12. The van der Waals surface area contributed by atoms with Gasteiger partial charge in [0.05, 0.1) is 14.2 Å². The molecule has 7 heteroatoms. The first-order valence-electron chi connectivity index (χ1n) is 6.00. The minimum absolute atomic E-state index is 0.258. The number of ether oxygens (including phenoxy) is 2. The first kappa shape index (κ1) is 12.8. The van der Waals surface area contributed by atoms with Crippen LogP contribution in [0, 0.1) is 0 Å². The van der Waals surface area contributed by atoms with Gasteiger partial charge in [-0.1, -0.05) is 0 Å². The Hall–Kier alpha value is -1.63. The third-order valence-electron chi connectivity index (χ3n) is 2.92. The van der Waals surface area contributed by atoms with Crippen molar-refractivity contribution in [3.05, 3.63) is 0 Å². The number of piperidine rings is 1. The molecule has 7 nitrogen and oxygen atoms in total. The van der Waals surface area contributed by atoms with Gasteiger partial charge in [0, 0.05) is 12.6 Å². The lowest BCUT2D eigenvalue weighted by Crippen LogP contribution is -2.40. The van der Waals surface area contributed by atoms with Crippen LogP contribution in [0.1, 0.15) is 12.8 Å². The highest BCUT2D eigenvalue weighted by molar-refractivity contribution is 5.29. The summed E-state index contributed by atoms with van der Waals surface area (Å²) in [6.07, 6.45) is 2.29. The molecule has 0 spiro atoms. The summed E-state index contributed by atoms with van der Waals surface area (Å²) in [5.74, 6) is 0.499. The number of nitrogens with zero attached hydrogens (tertiary/aromatic N) is 4. The van der Waals surface area contributed by atoms with Gasteiger partial charge < -0.3 is 19.7 Å². The molecule has 1 N–H and O–H groups in total. The molecule has 2 rings (SSSR count). The van der Waals surface area contributed by atoms with Crippen molar-refractivity contribution in [1.29, 1.82) is 0 Å². The van der Waals surface area contributed by atoms with Crippen LogP contribution in [-0.2, 0) is 0 Å². The molecule has 1 aromatic rings. The fraction of sp³-hybridized carbons (Fsp3) is 0.727. The van der Waals surface area contributed by atoms with Crippen LogP contribution in [0.2, 0.25) is 0 Å². The van der Waals surface area contributed by atoms with E-state index in [4.69, 9.17) is 9.47 Å². The van der Waals surface area contributed by atoms with E-state index in [1.54, 1.807) is 0 Å². The largest absolute Gasteiger partial charge is 0.467 e. The Morgan fingerprint density at radius 3 is 2.39 bits per heavy atom. The lowest BCUT2D eigenvalue weighted by atomic mass is 10.1. The highest BCUT2D eigenvalue weighted by atomic mass is 16.5. The number of likely N-dealkylation sites (tertiary alicyclic amines) is 1. The minimum Gasteiger partial charge on any atom is -0.467 e. The van der Waals surface area contributed by atoms with E-state index in [0.717, 1.165) is 19.5 Å². The number of rotatable bonds is 4. The second-order valence-electron chi connectivity index (χ2n) is 4.38. The van der Waals surface area contributed by atoms with Gasteiger partial charge in [-0.2, -0.15) is 9.97 Å². The number of nitrogens with one attached hydrogen (secondary N) is 1. The van der Waals surface area contributed by atoms with Gasteiger partial charge in [-0.25, -0.2) is 0 Å². The lowest BCUT2D eigenvalue weighted by molar-refractivity contribution is 0.260. The normalized spacial score (nSPS) is 20.5. The number of aromatic nitrogens is 3. The molecule has 1 aliphatic heterocycles. The third kappa shape index (κ3) is 3.19. The van der Waals surface area contributed by atoms with Gasteiger partial charge in [-0.15, -0.1) is 4.98 Å². The van der Waals surface area contributed by atoms with Crippen LogP contribution in [-0.4, -0.2) is 60.3 Å². The Labute approximate surface area is 107 Å². The molecule has 0 radical (unpaired) electrons. The molecule has 0 bridgehead atoms. The minimum atomic E-state index is 0.258. The van der Waals surface area contributed by atoms with Crippen molar-refractivity contribution in [2.45, 2.75) is 18.9 Å². The second-order valence-corrected chi connectivity index (χ2v) is 4.38. The summed E-state index contributed by atoms with van der Waals surface area (Å²) in [6, 6.07) is 0.864. The van der Waals surface area contributed by atoms with E-state index in [0.29, 0.717) is 12.0 Å².